The third-order valence-corrected chi connectivity index (χ3v) is 4.85. The molecule has 2 aliphatic heterocycles. The fourth-order valence-corrected chi connectivity index (χ4v) is 3.38. The van der Waals surface area contributed by atoms with Crippen molar-refractivity contribution in [2.45, 2.75) is 6.42 Å². The Morgan fingerprint density at radius 3 is 2.75 bits per heavy atom. The summed E-state index contributed by atoms with van der Waals surface area (Å²) in [6, 6.07) is 5.74. The van der Waals surface area contributed by atoms with E-state index in [9.17, 15) is 5.26 Å². The quantitative estimate of drug-likeness (QED) is 0.711. The van der Waals surface area contributed by atoms with Crippen molar-refractivity contribution in [2.75, 3.05) is 58.5 Å². The molecule has 0 spiro atoms. The highest BCUT2D eigenvalue weighted by Crippen LogP contribution is 2.38. The SMILES string of the molecule is COc1cc2c(N3OCO3)c(C#N)cnc2cc1OCCCN1CCNCC1. The van der Waals surface area contributed by atoms with Gasteiger partial charge in [-0.1, -0.05) is 0 Å². The van der Waals surface area contributed by atoms with E-state index in [1.165, 1.54) is 11.4 Å². The number of hydrogen-bond acceptors (Lipinski definition) is 9. The van der Waals surface area contributed by atoms with Crippen molar-refractivity contribution in [1.82, 2.24) is 15.2 Å². The van der Waals surface area contributed by atoms with Gasteiger partial charge in [0.1, 0.15) is 11.8 Å². The zero-order chi connectivity index (χ0) is 19.3. The van der Waals surface area contributed by atoms with Crippen LogP contribution in [0.3, 0.4) is 0 Å². The van der Waals surface area contributed by atoms with Crippen LogP contribution in [0.4, 0.5) is 5.69 Å². The van der Waals surface area contributed by atoms with Gasteiger partial charge >= 0.3 is 0 Å². The monoisotopic (exact) mass is 385 g/mol. The summed E-state index contributed by atoms with van der Waals surface area (Å²) in [6.45, 7) is 6.00. The molecule has 2 saturated heterocycles. The van der Waals surface area contributed by atoms with Gasteiger partial charge in [-0.3, -0.25) is 4.98 Å². The molecule has 0 radical (unpaired) electrons. The highest BCUT2D eigenvalue weighted by molar-refractivity contribution is 5.95. The van der Waals surface area contributed by atoms with Gasteiger partial charge in [0, 0.05) is 50.4 Å². The molecule has 2 aliphatic rings. The molecular weight excluding hydrogens is 362 g/mol. The van der Waals surface area contributed by atoms with E-state index in [2.05, 4.69) is 21.3 Å². The van der Waals surface area contributed by atoms with Crippen molar-refractivity contribution in [3.63, 3.8) is 0 Å². The van der Waals surface area contributed by atoms with Crippen LogP contribution in [0.5, 0.6) is 11.5 Å². The number of hydrogen-bond donors (Lipinski definition) is 1. The number of piperazine rings is 1. The van der Waals surface area contributed by atoms with E-state index in [0.717, 1.165) is 39.1 Å². The molecule has 0 unspecified atom stereocenters. The van der Waals surface area contributed by atoms with Crippen molar-refractivity contribution < 1.29 is 19.1 Å². The van der Waals surface area contributed by atoms with Crippen LogP contribution in [0.15, 0.2) is 18.3 Å². The number of benzene rings is 1. The van der Waals surface area contributed by atoms with E-state index in [1.807, 2.05) is 6.07 Å². The van der Waals surface area contributed by atoms with E-state index in [0.29, 0.717) is 40.3 Å². The van der Waals surface area contributed by atoms with Gasteiger partial charge in [0.25, 0.3) is 0 Å². The van der Waals surface area contributed by atoms with Crippen LogP contribution < -0.4 is 20.0 Å². The molecule has 1 aromatic heterocycles. The molecule has 148 valence electrons. The maximum Gasteiger partial charge on any atom is 0.205 e. The standard InChI is InChI=1S/C19H23N5O4/c1-25-17-9-15-16(22-12-14(11-20)19(15)24-27-13-28-24)10-18(17)26-8-2-5-23-6-3-21-4-7-23/h9-10,12,21H,2-8,13H2,1H3. The van der Waals surface area contributed by atoms with Gasteiger partial charge < -0.3 is 19.7 Å². The summed E-state index contributed by atoms with van der Waals surface area (Å²) in [5.74, 6) is 1.21. The molecule has 4 rings (SSSR count). The first-order valence-electron chi connectivity index (χ1n) is 9.33. The summed E-state index contributed by atoms with van der Waals surface area (Å²) in [5, 5.41) is 14.7. The van der Waals surface area contributed by atoms with Gasteiger partial charge in [-0.25, -0.2) is 9.68 Å². The zero-order valence-corrected chi connectivity index (χ0v) is 15.8. The predicted octanol–water partition coefficient (Wildman–Crippen LogP) is 1.43. The number of ether oxygens (including phenoxy) is 2. The molecule has 0 atom stereocenters. The summed E-state index contributed by atoms with van der Waals surface area (Å²) < 4.78 is 11.5. The molecule has 2 aromatic rings. The Labute approximate surface area is 163 Å². The fourth-order valence-electron chi connectivity index (χ4n) is 3.38. The Morgan fingerprint density at radius 1 is 1.25 bits per heavy atom. The molecule has 28 heavy (non-hydrogen) atoms. The number of pyridine rings is 1. The number of anilines is 1. The van der Waals surface area contributed by atoms with Gasteiger partial charge in [0.15, 0.2) is 11.5 Å². The third kappa shape index (κ3) is 3.81. The van der Waals surface area contributed by atoms with Gasteiger partial charge in [-0.05, 0) is 12.5 Å². The predicted molar refractivity (Wildman–Crippen MR) is 102 cm³/mol. The number of nitriles is 1. The first-order chi connectivity index (χ1) is 13.8. The van der Waals surface area contributed by atoms with E-state index in [4.69, 9.17) is 19.1 Å². The summed E-state index contributed by atoms with van der Waals surface area (Å²) in [5.41, 5.74) is 1.55. The Morgan fingerprint density at radius 2 is 2.07 bits per heavy atom. The summed E-state index contributed by atoms with van der Waals surface area (Å²) >= 11 is 0. The van der Waals surface area contributed by atoms with Crippen LogP contribution in [-0.4, -0.2) is 63.1 Å². The van der Waals surface area contributed by atoms with Gasteiger partial charge in [0.05, 0.1) is 24.8 Å². The average Bonchev–Trinajstić information content (AvgIpc) is 2.70. The molecular formula is C19H23N5O4. The van der Waals surface area contributed by atoms with E-state index in [-0.39, 0.29) is 6.79 Å². The Kier molecular flexibility index (Phi) is 5.73. The van der Waals surface area contributed by atoms with E-state index >= 15 is 0 Å². The Balaban J connectivity index is 1.51. The molecule has 1 aromatic carbocycles. The number of methoxy groups -OCH3 is 1. The minimum Gasteiger partial charge on any atom is -0.493 e. The highest BCUT2D eigenvalue weighted by atomic mass is 17.1. The molecule has 0 saturated carbocycles. The van der Waals surface area contributed by atoms with Gasteiger partial charge in [0.2, 0.25) is 6.79 Å². The number of aromatic nitrogens is 1. The largest absolute Gasteiger partial charge is 0.493 e. The second-order valence-electron chi connectivity index (χ2n) is 6.58. The van der Waals surface area contributed by atoms with Crippen molar-refractivity contribution in [3.05, 3.63) is 23.9 Å². The maximum atomic E-state index is 9.39. The lowest BCUT2D eigenvalue weighted by atomic mass is 10.1. The van der Waals surface area contributed by atoms with Crippen LogP contribution in [0.25, 0.3) is 10.9 Å². The molecule has 0 bridgehead atoms. The van der Waals surface area contributed by atoms with E-state index in [1.54, 1.807) is 13.2 Å². The number of fused-ring (bicyclic) bond motifs is 1. The van der Waals surface area contributed by atoms with Crippen molar-refractivity contribution >= 4 is 16.6 Å². The first-order valence-corrected chi connectivity index (χ1v) is 9.33. The summed E-state index contributed by atoms with van der Waals surface area (Å²) in [7, 11) is 1.59. The van der Waals surface area contributed by atoms with Crippen LogP contribution in [0.2, 0.25) is 0 Å². The smallest absolute Gasteiger partial charge is 0.205 e. The first kappa shape index (κ1) is 18.7. The summed E-state index contributed by atoms with van der Waals surface area (Å²) in [6.07, 6.45) is 2.44. The second-order valence-corrected chi connectivity index (χ2v) is 6.58. The van der Waals surface area contributed by atoms with Crippen molar-refractivity contribution in [3.8, 4) is 17.6 Å². The summed E-state index contributed by atoms with van der Waals surface area (Å²) in [4.78, 5) is 17.3. The fraction of sp³-hybridized carbons (Fsp3) is 0.474. The van der Waals surface area contributed by atoms with Crippen molar-refractivity contribution in [1.29, 1.82) is 5.26 Å². The van der Waals surface area contributed by atoms with E-state index < -0.39 is 0 Å². The lowest BCUT2D eigenvalue weighted by Gasteiger charge is -2.31. The Hall–Kier alpha value is -2.64. The lowest BCUT2D eigenvalue weighted by Crippen LogP contribution is -2.43. The van der Waals surface area contributed by atoms with Crippen LogP contribution >= 0.6 is 0 Å². The zero-order valence-electron chi connectivity index (χ0n) is 15.8. The highest BCUT2D eigenvalue weighted by Gasteiger charge is 2.25. The van der Waals surface area contributed by atoms with Crippen LogP contribution in [0.1, 0.15) is 12.0 Å². The molecule has 0 aliphatic carbocycles. The molecule has 3 heterocycles. The average molecular weight is 385 g/mol. The van der Waals surface area contributed by atoms with Gasteiger partial charge in [-0.15, -0.1) is 5.23 Å². The van der Waals surface area contributed by atoms with Gasteiger partial charge in [-0.2, -0.15) is 5.26 Å². The number of nitrogens with zero attached hydrogens (tertiary/aromatic N) is 4. The normalized spacial score (nSPS) is 17.2. The molecule has 1 N–H and O–H groups in total. The number of nitrogens with one attached hydrogen (secondary N) is 1. The molecule has 9 nitrogen and oxygen atoms in total. The Bertz CT molecular complexity index is 875. The van der Waals surface area contributed by atoms with Crippen LogP contribution in [0, 0.1) is 11.3 Å². The van der Waals surface area contributed by atoms with Crippen LogP contribution in [-0.2, 0) is 9.68 Å². The number of rotatable bonds is 7. The minimum absolute atomic E-state index is 0.153. The lowest BCUT2D eigenvalue weighted by molar-refractivity contribution is -0.277. The third-order valence-electron chi connectivity index (χ3n) is 4.85. The minimum atomic E-state index is 0.153. The van der Waals surface area contributed by atoms with Crippen molar-refractivity contribution in [2.24, 2.45) is 0 Å². The topological polar surface area (TPSA) is 92.1 Å². The second kappa shape index (κ2) is 8.58. The molecule has 9 heteroatoms. The molecule has 2 fully saturated rings. The molecule has 0 amide bonds. The maximum absolute atomic E-state index is 9.39.